The van der Waals surface area contributed by atoms with Gasteiger partial charge < -0.3 is 37.0 Å². The number of hydrogen-bond acceptors (Lipinski definition) is 11. The third kappa shape index (κ3) is 8.87. The minimum atomic E-state index is 0.139. The number of carbonyl (C=O) groups is 1. The van der Waals surface area contributed by atoms with Crippen LogP contribution in [0.2, 0.25) is 0 Å². The number of imidazole rings is 2. The lowest BCUT2D eigenvalue weighted by Crippen LogP contribution is -2.36. The van der Waals surface area contributed by atoms with Gasteiger partial charge in [0.15, 0.2) is 0 Å². The lowest BCUT2D eigenvalue weighted by Gasteiger charge is -2.28. The molecule has 2 unspecified atom stereocenters. The molecule has 0 spiro atoms. The monoisotopic (exact) mass is 839 g/mol. The fraction of sp³-hybridized carbons (Fsp3) is 0.383. The highest BCUT2D eigenvalue weighted by Gasteiger charge is 2.28. The van der Waals surface area contributed by atoms with Crippen molar-refractivity contribution in [2.24, 2.45) is 17.2 Å². The van der Waals surface area contributed by atoms with Crippen molar-refractivity contribution in [2.75, 3.05) is 30.8 Å². The number of nitrogens with one attached hydrogen (secondary N) is 2. The number of benzene rings is 2. The Kier molecular flexibility index (Phi) is 13.3. The number of hydrogen-bond donors (Lipinski definition) is 5. The van der Waals surface area contributed by atoms with Crippen molar-refractivity contribution in [1.29, 1.82) is 0 Å². The number of nitrogens with zero attached hydrogens (tertiary/aromatic N) is 9. The normalized spacial score (nSPS) is 17.5. The molecule has 326 valence electrons. The molecule has 0 aliphatic carbocycles. The van der Waals surface area contributed by atoms with E-state index in [0.29, 0.717) is 60.7 Å². The predicted molar refractivity (Wildman–Crippen MR) is 253 cm³/mol. The zero-order valence-electron chi connectivity index (χ0n) is 36.9. The second kappa shape index (κ2) is 18.8. The van der Waals surface area contributed by atoms with Crippen LogP contribution in [0.5, 0.6) is 0 Å². The van der Waals surface area contributed by atoms with Gasteiger partial charge in [0.2, 0.25) is 11.9 Å². The van der Waals surface area contributed by atoms with E-state index in [9.17, 15) is 4.79 Å². The first-order chi connectivity index (χ1) is 29.9. The van der Waals surface area contributed by atoms with Crippen molar-refractivity contribution in [1.82, 2.24) is 43.6 Å². The van der Waals surface area contributed by atoms with Crippen LogP contribution in [0.15, 0.2) is 68.3 Å². The van der Waals surface area contributed by atoms with Crippen LogP contribution in [0.3, 0.4) is 0 Å². The van der Waals surface area contributed by atoms with Crippen molar-refractivity contribution in [3.63, 3.8) is 0 Å². The van der Waals surface area contributed by atoms with Gasteiger partial charge in [0.05, 0.1) is 56.2 Å². The molecule has 0 radical (unpaired) electrons. The molecule has 15 heteroatoms. The predicted octanol–water partition coefficient (Wildman–Crippen LogP) is 6.45. The van der Waals surface area contributed by atoms with Crippen LogP contribution >= 0.6 is 0 Å². The molecular weight excluding hydrogens is 777 g/mol. The smallest absolute Gasteiger partial charge is 0.208 e. The summed E-state index contributed by atoms with van der Waals surface area (Å²) in [5.41, 5.74) is 30.3. The van der Waals surface area contributed by atoms with Gasteiger partial charge in [-0.2, -0.15) is 10.2 Å². The van der Waals surface area contributed by atoms with E-state index in [2.05, 4.69) is 92.4 Å². The van der Waals surface area contributed by atoms with Crippen molar-refractivity contribution < 1.29 is 4.79 Å². The third-order valence-electron chi connectivity index (χ3n) is 11.9. The highest BCUT2D eigenvalue weighted by Crippen LogP contribution is 2.33. The van der Waals surface area contributed by atoms with Crippen LogP contribution in [-0.4, -0.2) is 82.1 Å². The van der Waals surface area contributed by atoms with E-state index in [-0.39, 0.29) is 12.1 Å². The SMILES string of the molecule is C=C(N)c1cc2c3c(c1)nc(NC(=C)c1cc(C)nn1CC)n3C/C=C/Cn1c(NC(=C)c3cc(C)nn3CC)nc3cc(C=O)cc(c31)CCC(N1CCC(N)C1)CC2.CN. The maximum Gasteiger partial charge on any atom is 0.208 e. The first kappa shape index (κ1) is 43.8. The van der Waals surface area contributed by atoms with Gasteiger partial charge in [-0.05, 0) is 120 Å². The third-order valence-corrected chi connectivity index (χ3v) is 11.9. The summed E-state index contributed by atoms with van der Waals surface area (Å²) in [5.74, 6) is 1.31. The second-order valence-electron chi connectivity index (χ2n) is 16.2. The number of nitrogens with two attached hydrogens (primary N) is 3. The molecular formula is C47H62N14O. The molecule has 0 bridgehead atoms. The Balaban J connectivity index is 0.00000285. The fourth-order valence-corrected chi connectivity index (χ4v) is 9.03. The summed E-state index contributed by atoms with van der Waals surface area (Å²) >= 11 is 0. The average Bonchev–Trinajstić information content (AvgIpc) is 4.09. The molecule has 1 saturated heterocycles. The summed E-state index contributed by atoms with van der Waals surface area (Å²) in [4.78, 5) is 25.3. The summed E-state index contributed by atoms with van der Waals surface area (Å²) in [5, 5.41) is 16.4. The van der Waals surface area contributed by atoms with Gasteiger partial charge in [0.25, 0.3) is 0 Å². The van der Waals surface area contributed by atoms with E-state index >= 15 is 0 Å². The van der Waals surface area contributed by atoms with E-state index in [1.807, 2.05) is 53.5 Å². The molecule has 2 aliphatic rings. The van der Waals surface area contributed by atoms with Crippen molar-refractivity contribution >= 4 is 57.3 Å². The van der Waals surface area contributed by atoms with Gasteiger partial charge in [-0.25, -0.2) is 9.97 Å². The Morgan fingerprint density at radius 2 is 1.29 bits per heavy atom. The van der Waals surface area contributed by atoms with E-state index in [1.165, 1.54) is 7.05 Å². The number of likely N-dealkylation sites (tertiary alicyclic amines) is 1. The Bertz CT molecular complexity index is 2670. The molecule has 15 nitrogen and oxygen atoms in total. The van der Waals surface area contributed by atoms with Crippen LogP contribution in [-0.2, 0) is 39.0 Å². The molecule has 2 aliphatic heterocycles. The molecule has 8 N–H and O–H groups in total. The maximum atomic E-state index is 12.4. The molecule has 0 saturated carbocycles. The summed E-state index contributed by atoms with van der Waals surface area (Å²) in [6.07, 6.45) is 9.52. The highest BCUT2D eigenvalue weighted by molar-refractivity contribution is 5.91. The van der Waals surface area contributed by atoms with Gasteiger partial charge in [-0.3, -0.25) is 19.1 Å². The largest absolute Gasteiger partial charge is 0.399 e. The highest BCUT2D eigenvalue weighted by atomic mass is 16.1. The van der Waals surface area contributed by atoms with Gasteiger partial charge >= 0.3 is 0 Å². The zero-order valence-corrected chi connectivity index (χ0v) is 36.9. The minimum Gasteiger partial charge on any atom is -0.399 e. The van der Waals surface area contributed by atoms with Gasteiger partial charge in [0.1, 0.15) is 6.29 Å². The lowest BCUT2D eigenvalue weighted by molar-refractivity contribution is 0.112. The zero-order chi connectivity index (χ0) is 44.2. The summed E-state index contributed by atoms with van der Waals surface area (Å²) in [7, 11) is 1.50. The Morgan fingerprint density at radius 1 is 0.774 bits per heavy atom. The maximum absolute atomic E-state index is 12.4. The Morgan fingerprint density at radius 3 is 1.76 bits per heavy atom. The van der Waals surface area contributed by atoms with Crippen LogP contribution in [0.1, 0.15) is 82.9 Å². The molecule has 1 fully saturated rings. The second-order valence-corrected chi connectivity index (χ2v) is 16.2. The van der Waals surface area contributed by atoms with E-state index in [0.717, 1.165) is 113 Å². The molecule has 2 aromatic carbocycles. The molecule has 6 aromatic rings. The number of aromatic nitrogens is 8. The molecule has 8 rings (SSSR count). The van der Waals surface area contributed by atoms with Gasteiger partial charge in [-0.15, -0.1) is 0 Å². The van der Waals surface area contributed by atoms with Crippen LogP contribution in [0.25, 0.3) is 39.2 Å². The van der Waals surface area contributed by atoms with Crippen LogP contribution in [0, 0.1) is 13.8 Å². The molecule has 2 atom stereocenters. The summed E-state index contributed by atoms with van der Waals surface area (Å²) in [6, 6.07) is 12.6. The number of allylic oxidation sites excluding steroid dienone is 2. The van der Waals surface area contributed by atoms with E-state index in [4.69, 9.17) is 21.4 Å². The minimum absolute atomic E-state index is 0.139. The van der Waals surface area contributed by atoms with Gasteiger partial charge in [0, 0.05) is 62.6 Å². The summed E-state index contributed by atoms with van der Waals surface area (Å²) < 4.78 is 8.32. The Hall–Kier alpha value is -6.29. The van der Waals surface area contributed by atoms with Crippen LogP contribution < -0.4 is 27.8 Å². The molecule has 6 heterocycles. The molecule has 62 heavy (non-hydrogen) atoms. The number of aldehydes is 1. The van der Waals surface area contributed by atoms with Crippen molar-refractivity contribution in [3.8, 4) is 0 Å². The van der Waals surface area contributed by atoms with Crippen LogP contribution in [0.4, 0.5) is 11.9 Å². The summed E-state index contributed by atoms with van der Waals surface area (Å²) in [6.45, 7) is 25.3. The fourth-order valence-electron chi connectivity index (χ4n) is 9.03. The quantitative estimate of drug-likeness (QED) is 0.0711. The van der Waals surface area contributed by atoms with Gasteiger partial charge in [-0.1, -0.05) is 31.9 Å². The van der Waals surface area contributed by atoms with Crippen molar-refractivity contribution in [2.45, 2.75) is 98.1 Å². The number of aryl methyl sites for hydroxylation is 6. The lowest BCUT2D eigenvalue weighted by atomic mass is 9.95. The van der Waals surface area contributed by atoms with E-state index < -0.39 is 0 Å². The standard InChI is InChI=1S/C46H57N13O.CH5N/c1-8-58-41(20-28(3)53-58)31(6)49-45-51-39-23-33(27-60)22-34-12-14-38(55-19-16-37(48)26-55)15-13-35-24-36(30(5)47)25-40-44(35)57(18-11-10-17-56(45)43(34)39)46(52-40)50-32(7)42-21-29(4)54-59(42)9-2;1-2/h10-11,20-25,27,37-38H,5-9,12-19,26,47-48H2,1-4H3,(H,49,51)(H,50,52);2H2,1H3/b11-10+;. The first-order valence-electron chi connectivity index (χ1n) is 21.6. The Labute approximate surface area is 364 Å². The number of carbonyl (C=O) groups excluding carboxylic acids is 1. The molecule has 4 aromatic heterocycles. The topological polar surface area (TPSA) is 194 Å². The van der Waals surface area contributed by atoms with E-state index in [1.54, 1.807) is 0 Å². The number of anilines is 2. The molecule has 0 amide bonds. The van der Waals surface area contributed by atoms with Crippen molar-refractivity contribution in [3.05, 3.63) is 113 Å². The first-order valence-corrected chi connectivity index (χ1v) is 21.6. The average molecular weight is 839 g/mol. The number of rotatable bonds is 11.